The molecule has 0 aliphatic carbocycles. The number of nitro benzene ring substituents is 1. The van der Waals surface area contributed by atoms with Crippen LogP contribution < -0.4 is 5.32 Å². The first-order valence-electron chi connectivity index (χ1n) is 14.8. The first kappa shape index (κ1) is 32.0. The second-order valence-electron chi connectivity index (χ2n) is 11.6. The topological polar surface area (TPSA) is 190 Å². The Morgan fingerprint density at radius 1 is 1.17 bits per heavy atom. The molecule has 236 valence electrons. The fourth-order valence-electron chi connectivity index (χ4n) is 6.87. The Morgan fingerprint density at radius 3 is 2.54 bits per heavy atom. The van der Waals surface area contributed by atoms with Crippen LogP contribution in [0, 0.1) is 33.3 Å². The Hall–Kier alpha value is -5.38. The molecule has 4 aliphatic heterocycles. The van der Waals surface area contributed by atoms with E-state index in [9.17, 15) is 35.0 Å². The van der Waals surface area contributed by atoms with Crippen LogP contribution in [0.5, 0.6) is 0 Å². The number of aliphatic carboxylic acids is 2. The Labute approximate surface area is 264 Å². The molecule has 5 heterocycles. The molecule has 12 nitrogen and oxygen atoms in total. The zero-order valence-corrected chi connectivity index (χ0v) is 25.0. The number of aromatic nitrogens is 1. The van der Waals surface area contributed by atoms with Crippen LogP contribution in [0.15, 0.2) is 96.0 Å². The number of carboxylic acids is 2. The van der Waals surface area contributed by atoms with Crippen LogP contribution in [0.3, 0.4) is 0 Å². The summed E-state index contributed by atoms with van der Waals surface area (Å²) in [4.78, 5) is 40.3. The summed E-state index contributed by atoms with van der Waals surface area (Å²) in [5.74, 6) is -2.91. The third-order valence-electron chi connectivity index (χ3n) is 9.07. The number of non-ortho nitro benzene ring substituents is 1. The van der Waals surface area contributed by atoms with Gasteiger partial charge in [-0.3, -0.25) is 20.0 Å². The number of fused-ring (bicyclic) bond motifs is 4. The number of carboxylic acid groups (broad SMARTS) is 2. The predicted molar refractivity (Wildman–Crippen MR) is 168 cm³/mol. The van der Waals surface area contributed by atoms with Crippen molar-refractivity contribution < 1.29 is 29.8 Å². The molecule has 1 aromatic heterocycles. The fourth-order valence-corrected chi connectivity index (χ4v) is 6.87. The van der Waals surface area contributed by atoms with E-state index in [4.69, 9.17) is 5.26 Å². The van der Waals surface area contributed by atoms with Crippen molar-refractivity contribution in [2.24, 2.45) is 11.8 Å². The zero-order valence-electron chi connectivity index (χ0n) is 25.0. The molecule has 4 aliphatic rings. The van der Waals surface area contributed by atoms with Crippen molar-refractivity contribution >= 4 is 28.5 Å². The van der Waals surface area contributed by atoms with Gasteiger partial charge in [0.05, 0.1) is 33.6 Å². The zero-order chi connectivity index (χ0) is 33.1. The summed E-state index contributed by atoms with van der Waals surface area (Å²) < 4.78 is 0. The predicted octanol–water partition coefficient (Wildman–Crippen LogP) is 4.67. The number of benzene rings is 2. The lowest BCUT2D eigenvalue weighted by atomic mass is 9.73. The number of nitriles is 1. The van der Waals surface area contributed by atoms with Gasteiger partial charge in [0.15, 0.2) is 0 Å². The highest BCUT2D eigenvalue weighted by molar-refractivity contribution is 5.99. The van der Waals surface area contributed by atoms with Gasteiger partial charge < -0.3 is 20.6 Å². The van der Waals surface area contributed by atoms with Crippen LogP contribution in [-0.4, -0.2) is 61.2 Å². The van der Waals surface area contributed by atoms with E-state index < -0.39 is 34.5 Å². The highest BCUT2D eigenvalue weighted by atomic mass is 16.6. The number of allylic oxidation sites excluding steroid dienone is 2. The van der Waals surface area contributed by atoms with Crippen molar-refractivity contribution in [2.45, 2.75) is 37.8 Å². The average Bonchev–Trinajstić information content (AvgIpc) is 3.07. The Morgan fingerprint density at radius 2 is 1.91 bits per heavy atom. The number of nitro groups is 1. The molecule has 3 fully saturated rings. The van der Waals surface area contributed by atoms with E-state index in [1.807, 2.05) is 30.5 Å². The number of carbonyl (C=O) groups is 2. The molecule has 2 aromatic carbocycles. The van der Waals surface area contributed by atoms with Crippen molar-refractivity contribution in [3.05, 3.63) is 117 Å². The van der Waals surface area contributed by atoms with Crippen LogP contribution in [0.2, 0.25) is 0 Å². The number of aliphatic hydroxyl groups is 1. The number of nitrogens with one attached hydrogen (secondary N) is 1. The Balaban J connectivity index is 0.000000182. The van der Waals surface area contributed by atoms with E-state index in [-0.39, 0.29) is 34.3 Å². The minimum Gasteiger partial charge on any atom is -0.478 e. The van der Waals surface area contributed by atoms with Gasteiger partial charge in [0.25, 0.3) is 5.69 Å². The summed E-state index contributed by atoms with van der Waals surface area (Å²) in [5.41, 5.74) is 0.802. The lowest BCUT2D eigenvalue weighted by Crippen LogP contribution is -2.54. The third-order valence-corrected chi connectivity index (χ3v) is 9.07. The van der Waals surface area contributed by atoms with Gasteiger partial charge >= 0.3 is 11.9 Å². The molecule has 2 bridgehead atoms. The molecule has 7 rings (SSSR count). The molecule has 3 aromatic rings. The summed E-state index contributed by atoms with van der Waals surface area (Å²) in [6, 6.07) is 17.0. The molecule has 0 radical (unpaired) electrons. The normalized spacial score (nSPS) is 24.2. The summed E-state index contributed by atoms with van der Waals surface area (Å²) in [6.07, 6.45) is 5.76. The van der Waals surface area contributed by atoms with E-state index >= 15 is 0 Å². The van der Waals surface area contributed by atoms with Gasteiger partial charge in [0.2, 0.25) is 0 Å². The summed E-state index contributed by atoms with van der Waals surface area (Å²) in [5, 5.41) is 53.5. The molecule has 4 N–H and O–H groups in total. The number of para-hydroxylation sites is 1. The maximum Gasteiger partial charge on any atom is 0.335 e. The minimum absolute atomic E-state index is 0.0977. The fraction of sp³-hybridized carbons (Fsp3) is 0.294. The highest BCUT2D eigenvalue weighted by Crippen LogP contribution is 2.42. The second-order valence-corrected chi connectivity index (χ2v) is 11.6. The number of pyridine rings is 1. The van der Waals surface area contributed by atoms with Crippen molar-refractivity contribution in [1.29, 1.82) is 5.26 Å². The average molecular weight is 624 g/mol. The minimum atomic E-state index is -1.48. The lowest BCUT2D eigenvalue weighted by molar-refractivity contribution is -0.384. The molecule has 0 spiro atoms. The van der Waals surface area contributed by atoms with E-state index in [1.165, 1.54) is 31.5 Å². The third kappa shape index (κ3) is 6.10. The van der Waals surface area contributed by atoms with Crippen molar-refractivity contribution in [3.63, 3.8) is 0 Å². The quantitative estimate of drug-likeness (QED) is 0.163. The Kier molecular flexibility index (Phi) is 9.27. The van der Waals surface area contributed by atoms with Gasteiger partial charge in [-0.2, -0.15) is 5.26 Å². The van der Waals surface area contributed by atoms with Gasteiger partial charge in [0.1, 0.15) is 11.8 Å². The van der Waals surface area contributed by atoms with Gasteiger partial charge in [0, 0.05) is 42.0 Å². The molecule has 6 atom stereocenters. The first-order valence-corrected chi connectivity index (χ1v) is 14.8. The molecule has 0 amide bonds. The number of hydrogen-bond donors (Lipinski definition) is 4. The Bertz CT molecular complexity index is 1820. The number of aliphatic hydroxyl groups excluding tert-OH is 1. The summed E-state index contributed by atoms with van der Waals surface area (Å²) >= 11 is 0. The van der Waals surface area contributed by atoms with E-state index in [0.717, 1.165) is 42.0 Å². The van der Waals surface area contributed by atoms with Crippen LogP contribution in [0.4, 0.5) is 5.69 Å². The SMILES string of the molecule is C=C[C@H]1CN2CC[C@H]1C[C@@H]2[C@@H](O)c1ccnc2ccccc12.CC1=C(C(=O)O)C(c2cccc([N+](=O)[O-])c2)C(C(=O)O)=C(C#N)N1. The smallest absolute Gasteiger partial charge is 0.335 e. The van der Waals surface area contributed by atoms with Crippen LogP contribution in [0.25, 0.3) is 10.9 Å². The summed E-state index contributed by atoms with van der Waals surface area (Å²) in [6.45, 7) is 7.50. The number of piperidine rings is 3. The van der Waals surface area contributed by atoms with Crippen LogP contribution in [0.1, 0.15) is 42.9 Å². The first-order chi connectivity index (χ1) is 22.0. The number of nitrogens with zero attached hydrogens (tertiary/aromatic N) is 4. The molecule has 46 heavy (non-hydrogen) atoms. The highest BCUT2D eigenvalue weighted by Gasteiger charge is 2.42. The van der Waals surface area contributed by atoms with Gasteiger partial charge in [-0.05, 0) is 61.4 Å². The van der Waals surface area contributed by atoms with Gasteiger partial charge in [-0.1, -0.05) is 36.4 Å². The number of hydrogen-bond acceptors (Lipinski definition) is 9. The lowest BCUT2D eigenvalue weighted by Gasteiger charge is -2.50. The summed E-state index contributed by atoms with van der Waals surface area (Å²) in [7, 11) is 0. The van der Waals surface area contributed by atoms with E-state index in [0.29, 0.717) is 11.8 Å². The largest absolute Gasteiger partial charge is 0.478 e. The standard InChI is InChI=1S/C19H22N2O.C15H11N3O6/c1-2-13-12-21-10-8-14(13)11-18(21)19(22)16-7-9-20-17-6-4-3-5-15(16)17;1-7-11(14(19)20)12(13(15(21)22)10(6-16)17-7)8-3-2-4-9(5-8)18(23)24/h2-7,9,13-14,18-19,22H,1,8,10-12H2;2-5,12,17H,1H3,(H,19,20)(H,21,22)/t13-,14-,18+,19-;/m0./s1. The number of dihydropyridines is 1. The molecular formula is C34H33N5O7. The van der Waals surface area contributed by atoms with Crippen LogP contribution >= 0.6 is 0 Å². The monoisotopic (exact) mass is 623 g/mol. The van der Waals surface area contributed by atoms with E-state index in [1.54, 1.807) is 6.07 Å². The molecule has 2 unspecified atom stereocenters. The maximum absolute atomic E-state index is 11.6. The van der Waals surface area contributed by atoms with Crippen molar-refractivity contribution in [3.8, 4) is 6.07 Å². The van der Waals surface area contributed by atoms with Gasteiger partial charge in [-0.15, -0.1) is 6.58 Å². The van der Waals surface area contributed by atoms with Crippen molar-refractivity contribution in [1.82, 2.24) is 15.2 Å². The molecule has 0 saturated carbocycles. The molecular weight excluding hydrogens is 590 g/mol. The van der Waals surface area contributed by atoms with Crippen LogP contribution in [-0.2, 0) is 9.59 Å². The van der Waals surface area contributed by atoms with Crippen molar-refractivity contribution in [2.75, 3.05) is 13.1 Å². The molecule has 12 heteroatoms. The number of rotatable bonds is 7. The molecule has 3 saturated heterocycles. The van der Waals surface area contributed by atoms with E-state index in [2.05, 4.69) is 33.9 Å². The maximum atomic E-state index is 11.6. The second kappa shape index (κ2) is 13.3. The van der Waals surface area contributed by atoms with Gasteiger partial charge in [-0.25, -0.2) is 9.59 Å².